The van der Waals surface area contributed by atoms with Crippen molar-refractivity contribution < 1.29 is 33.2 Å². The lowest BCUT2D eigenvalue weighted by Gasteiger charge is -2.34. The Kier molecular flexibility index (Phi) is 14.4. The largest absolute Gasteiger partial charge is 0.469 e. The number of methoxy groups -OCH3 is 1. The maximum Gasteiger partial charge on any atom is 0.305 e. The molecule has 3 aromatic carbocycles. The molecule has 0 radical (unpaired) electrons. The predicted molar refractivity (Wildman–Crippen MR) is 153 cm³/mol. The Morgan fingerprint density at radius 1 is 0.650 bits per heavy atom. The van der Waals surface area contributed by atoms with E-state index in [1.807, 2.05) is 105 Å². The van der Waals surface area contributed by atoms with E-state index in [0.717, 1.165) is 16.7 Å². The second-order valence-electron chi connectivity index (χ2n) is 9.86. The summed E-state index contributed by atoms with van der Waals surface area (Å²) in [6.45, 7) is 5.87. The topological polar surface area (TPSA) is 72.5 Å². The monoisotopic (exact) mass is 550 g/mol. The third-order valence-electron chi connectivity index (χ3n) is 6.71. The van der Waals surface area contributed by atoms with Crippen molar-refractivity contribution in [1.82, 2.24) is 0 Å². The summed E-state index contributed by atoms with van der Waals surface area (Å²) in [4.78, 5) is 12.1. The molecule has 0 spiro atoms. The van der Waals surface area contributed by atoms with E-state index in [0.29, 0.717) is 26.4 Å². The van der Waals surface area contributed by atoms with Crippen molar-refractivity contribution in [3.63, 3.8) is 0 Å². The van der Waals surface area contributed by atoms with Gasteiger partial charge in [-0.05, 0) is 22.6 Å². The minimum absolute atomic E-state index is 0.0809. The average Bonchev–Trinajstić information content (AvgIpc) is 2.99. The molecule has 4 atom stereocenters. The van der Waals surface area contributed by atoms with Gasteiger partial charge in [0.15, 0.2) is 0 Å². The number of hydrogen-bond donors (Lipinski definition) is 0. The summed E-state index contributed by atoms with van der Waals surface area (Å²) in [5, 5.41) is 0. The summed E-state index contributed by atoms with van der Waals surface area (Å²) < 4.78 is 35.1. The van der Waals surface area contributed by atoms with E-state index in [1.54, 1.807) is 0 Å². The molecule has 0 N–H and O–H groups in total. The second kappa shape index (κ2) is 18.3. The SMILES string of the molecule is COC(=O)C[C@@H](C)[C@@H](OCOCc1ccccc1)[C@H](C)[C@@H](COCc1ccccc1)OCOCc1ccccc1. The molecule has 0 saturated carbocycles. The lowest BCUT2D eigenvalue weighted by Crippen LogP contribution is -2.41. The van der Waals surface area contributed by atoms with Gasteiger partial charge < -0.3 is 28.4 Å². The Bertz CT molecular complexity index is 1060. The van der Waals surface area contributed by atoms with Gasteiger partial charge in [-0.25, -0.2) is 0 Å². The van der Waals surface area contributed by atoms with Crippen molar-refractivity contribution in [2.24, 2.45) is 11.8 Å². The molecule has 216 valence electrons. The first-order valence-electron chi connectivity index (χ1n) is 13.7. The summed E-state index contributed by atoms with van der Waals surface area (Å²) in [5.41, 5.74) is 3.21. The maximum absolute atomic E-state index is 12.1. The summed E-state index contributed by atoms with van der Waals surface area (Å²) in [7, 11) is 1.39. The van der Waals surface area contributed by atoms with Crippen molar-refractivity contribution in [2.75, 3.05) is 27.3 Å². The van der Waals surface area contributed by atoms with Crippen LogP contribution in [0.5, 0.6) is 0 Å². The molecule has 3 rings (SSSR count). The molecular formula is C33H42O7. The fraction of sp³-hybridized carbons (Fsp3) is 0.424. The number of benzene rings is 3. The lowest BCUT2D eigenvalue weighted by atomic mass is 9.87. The molecule has 0 aliphatic rings. The first kappa shape index (κ1) is 31.5. The van der Waals surface area contributed by atoms with Gasteiger partial charge in [0.2, 0.25) is 0 Å². The number of ether oxygens (including phenoxy) is 6. The lowest BCUT2D eigenvalue weighted by molar-refractivity contribution is -0.180. The van der Waals surface area contributed by atoms with Gasteiger partial charge in [0.1, 0.15) is 13.6 Å². The molecule has 3 aromatic rings. The van der Waals surface area contributed by atoms with Crippen molar-refractivity contribution in [1.29, 1.82) is 0 Å². The molecule has 0 heterocycles. The first-order valence-corrected chi connectivity index (χ1v) is 13.7. The fourth-order valence-electron chi connectivity index (χ4n) is 4.46. The zero-order chi connectivity index (χ0) is 28.4. The predicted octanol–water partition coefficient (Wildman–Crippen LogP) is 6.16. The van der Waals surface area contributed by atoms with Crippen molar-refractivity contribution >= 4 is 5.97 Å². The Balaban J connectivity index is 1.63. The van der Waals surface area contributed by atoms with Crippen molar-refractivity contribution in [3.05, 3.63) is 108 Å². The molecule has 0 fully saturated rings. The normalized spacial score (nSPS) is 14.3. The van der Waals surface area contributed by atoms with Crippen LogP contribution in [-0.2, 0) is 53.0 Å². The van der Waals surface area contributed by atoms with Crippen LogP contribution >= 0.6 is 0 Å². The van der Waals surface area contributed by atoms with Crippen LogP contribution in [0.1, 0.15) is 37.0 Å². The Morgan fingerprint density at radius 3 is 1.57 bits per heavy atom. The molecule has 0 unspecified atom stereocenters. The Morgan fingerprint density at radius 2 is 1.10 bits per heavy atom. The van der Waals surface area contributed by atoms with Gasteiger partial charge in [-0.2, -0.15) is 0 Å². The number of rotatable bonds is 19. The molecule has 40 heavy (non-hydrogen) atoms. The van der Waals surface area contributed by atoms with Gasteiger partial charge >= 0.3 is 5.97 Å². The number of carbonyl (C=O) groups is 1. The van der Waals surface area contributed by atoms with E-state index in [1.165, 1.54) is 7.11 Å². The van der Waals surface area contributed by atoms with Gasteiger partial charge in [0.05, 0.1) is 52.2 Å². The number of carbonyl (C=O) groups excluding carboxylic acids is 1. The molecule has 0 amide bonds. The van der Waals surface area contributed by atoms with Gasteiger partial charge in [-0.3, -0.25) is 4.79 Å². The molecule has 0 saturated heterocycles. The van der Waals surface area contributed by atoms with Crippen LogP contribution in [0.2, 0.25) is 0 Å². The summed E-state index contributed by atoms with van der Waals surface area (Å²) in [5.74, 6) is -0.577. The highest BCUT2D eigenvalue weighted by Gasteiger charge is 2.33. The Hall–Kier alpha value is -3.07. The van der Waals surface area contributed by atoms with Gasteiger partial charge in [0, 0.05) is 5.92 Å². The number of hydrogen-bond acceptors (Lipinski definition) is 7. The van der Waals surface area contributed by atoms with E-state index in [-0.39, 0.29) is 50.0 Å². The summed E-state index contributed by atoms with van der Waals surface area (Å²) in [6.07, 6.45) is -0.486. The standard InChI is InChI=1S/C33H42O7/c1-26(19-32(34)35-3)33(40-25-38-22-30-17-11-6-12-18-30)27(2)31(23-36-20-28-13-7-4-8-14-28)39-24-37-21-29-15-9-5-10-16-29/h4-18,26-27,31,33H,19-25H2,1-3H3/t26-,27-,31-,33-/m1/s1. The molecule has 0 bridgehead atoms. The second-order valence-corrected chi connectivity index (χ2v) is 9.86. The van der Waals surface area contributed by atoms with E-state index in [2.05, 4.69) is 0 Å². The summed E-state index contributed by atoms with van der Waals surface area (Å²) >= 11 is 0. The van der Waals surface area contributed by atoms with Crippen LogP contribution in [0.4, 0.5) is 0 Å². The molecule has 7 heteroatoms. The van der Waals surface area contributed by atoms with E-state index in [4.69, 9.17) is 28.4 Å². The Labute approximate surface area is 238 Å². The quantitative estimate of drug-likeness (QED) is 0.101. The number of esters is 1. The van der Waals surface area contributed by atoms with Crippen LogP contribution in [0, 0.1) is 11.8 Å². The fourth-order valence-corrected chi connectivity index (χ4v) is 4.46. The van der Waals surface area contributed by atoms with Gasteiger partial charge in [-0.1, -0.05) is 105 Å². The molecule has 0 aromatic heterocycles. The smallest absolute Gasteiger partial charge is 0.305 e. The minimum Gasteiger partial charge on any atom is -0.469 e. The highest BCUT2D eigenvalue weighted by atomic mass is 16.7. The van der Waals surface area contributed by atoms with Crippen LogP contribution in [-0.4, -0.2) is 45.5 Å². The highest BCUT2D eigenvalue weighted by Crippen LogP contribution is 2.26. The average molecular weight is 551 g/mol. The molecular weight excluding hydrogens is 508 g/mol. The van der Waals surface area contributed by atoms with Gasteiger partial charge in [0.25, 0.3) is 0 Å². The van der Waals surface area contributed by atoms with E-state index >= 15 is 0 Å². The summed E-state index contributed by atoms with van der Waals surface area (Å²) in [6, 6.07) is 29.9. The van der Waals surface area contributed by atoms with Crippen LogP contribution in [0.3, 0.4) is 0 Å². The van der Waals surface area contributed by atoms with Crippen LogP contribution in [0.25, 0.3) is 0 Å². The maximum atomic E-state index is 12.1. The van der Waals surface area contributed by atoms with Crippen molar-refractivity contribution in [2.45, 2.75) is 52.3 Å². The molecule has 7 nitrogen and oxygen atoms in total. The van der Waals surface area contributed by atoms with Crippen LogP contribution in [0.15, 0.2) is 91.0 Å². The molecule has 0 aliphatic heterocycles. The molecule has 0 aliphatic carbocycles. The zero-order valence-electron chi connectivity index (χ0n) is 23.8. The van der Waals surface area contributed by atoms with E-state index in [9.17, 15) is 4.79 Å². The van der Waals surface area contributed by atoms with Gasteiger partial charge in [-0.15, -0.1) is 0 Å². The third-order valence-corrected chi connectivity index (χ3v) is 6.71. The highest BCUT2D eigenvalue weighted by molar-refractivity contribution is 5.69. The first-order chi connectivity index (χ1) is 19.6. The zero-order valence-corrected chi connectivity index (χ0v) is 23.8. The van der Waals surface area contributed by atoms with Crippen LogP contribution < -0.4 is 0 Å². The van der Waals surface area contributed by atoms with Crippen molar-refractivity contribution in [3.8, 4) is 0 Å². The van der Waals surface area contributed by atoms with E-state index < -0.39 is 0 Å². The minimum atomic E-state index is -0.352. The third kappa shape index (κ3) is 11.6.